The number of fused-ring (bicyclic) bond motifs is 1. The molecule has 112 valence electrons. The molecule has 0 aromatic carbocycles. The molecule has 0 bridgehead atoms. The Bertz CT molecular complexity index is 455. The van der Waals surface area contributed by atoms with Gasteiger partial charge in [0, 0.05) is 25.6 Å². The minimum Gasteiger partial charge on any atom is -0.377 e. The summed E-state index contributed by atoms with van der Waals surface area (Å²) in [5.41, 5.74) is 2.63. The molecule has 4 nitrogen and oxygen atoms in total. The summed E-state index contributed by atoms with van der Waals surface area (Å²) >= 11 is 0. The summed E-state index contributed by atoms with van der Waals surface area (Å²) in [5.74, 6) is 1.63. The van der Waals surface area contributed by atoms with Gasteiger partial charge in [0.15, 0.2) is 0 Å². The van der Waals surface area contributed by atoms with E-state index in [0.717, 1.165) is 45.1 Å². The molecule has 0 radical (unpaired) electrons. The van der Waals surface area contributed by atoms with Crippen LogP contribution < -0.4 is 10.2 Å². The summed E-state index contributed by atoms with van der Waals surface area (Å²) in [7, 11) is 0. The van der Waals surface area contributed by atoms with Crippen molar-refractivity contribution < 1.29 is 4.74 Å². The van der Waals surface area contributed by atoms with Crippen molar-refractivity contribution >= 4 is 18.2 Å². The molecular formula is C15H24ClN3O. The monoisotopic (exact) mass is 297 g/mol. The summed E-state index contributed by atoms with van der Waals surface area (Å²) in [6, 6.07) is 4.88. The second kappa shape index (κ2) is 6.74. The van der Waals surface area contributed by atoms with Crippen LogP contribution in [0.4, 0.5) is 5.82 Å². The second-order valence-electron chi connectivity index (χ2n) is 5.58. The number of hydrogen-bond acceptors (Lipinski definition) is 4. The van der Waals surface area contributed by atoms with Gasteiger partial charge in [-0.05, 0) is 18.1 Å². The Hall–Kier alpha value is -0.840. The molecule has 0 aliphatic carbocycles. The number of hydrogen-bond donors (Lipinski definition) is 1. The van der Waals surface area contributed by atoms with Crippen molar-refractivity contribution in [3.05, 3.63) is 23.4 Å². The van der Waals surface area contributed by atoms with Gasteiger partial charge in [0.1, 0.15) is 5.82 Å². The SMILES string of the molecule is CC[C@@H]1COCCN1c1ccc2c(n1)C(C)CNC2.Cl. The molecule has 5 heteroatoms. The van der Waals surface area contributed by atoms with Crippen molar-refractivity contribution in [2.45, 2.75) is 38.8 Å². The first-order valence-electron chi connectivity index (χ1n) is 7.34. The van der Waals surface area contributed by atoms with E-state index in [9.17, 15) is 0 Å². The molecule has 1 aromatic rings. The van der Waals surface area contributed by atoms with Gasteiger partial charge in [0.05, 0.1) is 24.9 Å². The maximum atomic E-state index is 5.58. The van der Waals surface area contributed by atoms with Crippen LogP contribution in [0, 0.1) is 0 Å². The Morgan fingerprint density at radius 1 is 1.45 bits per heavy atom. The molecule has 3 rings (SSSR count). The minimum atomic E-state index is 0. The van der Waals surface area contributed by atoms with Gasteiger partial charge in [-0.15, -0.1) is 12.4 Å². The number of nitrogens with one attached hydrogen (secondary N) is 1. The second-order valence-corrected chi connectivity index (χ2v) is 5.58. The van der Waals surface area contributed by atoms with Crippen molar-refractivity contribution in [2.24, 2.45) is 0 Å². The largest absolute Gasteiger partial charge is 0.377 e. The third kappa shape index (κ3) is 2.92. The number of ether oxygens (including phenoxy) is 1. The Balaban J connectivity index is 0.00000147. The average molecular weight is 298 g/mol. The van der Waals surface area contributed by atoms with Gasteiger partial charge in [-0.3, -0.25) is 0 Å². The van der Waals surface area contributed by atoms with Crippen LogP contribution in [0.15, 0.2) is 12.1 Å². The van der Waals surface area contributed by atoms with E-state index in [0.29, 0.717) is 12.0 Å². The maximum absolute atomic E-state index is 5.58. The topological polar surface area (TPSA) is 37.4 Å². The van der Waals surface area contributed by atoms with Gasteiger partial charge in [-0.25, -0.2) is 4.98 Å². The average Bonchev–Trinajstić information content (AvgIpc) is 2.47. The summed E-state index contributed by atoms with van der Waals surface area (Å²) in [5, 5.41) is 3.44. The Kier molecular flexibility index (Phi) is 5.24. The highest BCUT2D eigenvalue weighted by Gasteiger charge is 2.25. The number of aromatic nitrogens is 1. The first-order chi connectivity index (χ1) is 9.29. The van der Waals surface area contributed by atoms with Gasteiger partial charge < -0.3 is 15.0 Å². The molecule has 1 aromatic heterocycles. The normalized spacial score (nSPS) is 25.8. The van der Waals surface area contributed by atoms with Crippen LogP contribution >= 0.6 is 12.4 Å². The first kappa shape index (κ1) is 15.5. The third-order valence-corrected chi connectivity index (χ3v) is 4.22. The lowest BCUT2D eigenvalue weighted by Gasteiger charge is -2.37. The van der Waals surface area contributed by atoms with Crippen LogP contribution in [0.3, 0.4) is 0 Å². The van der Waals surface area contributed by atoms with Crippen LogP contribution in [-0.2, 0) is 11.3 Å². The lowest BCUT2D eigenvalue weighted by atomic mass is 9.98. The summed E-state index contributed by atoms with van der Waals surface area (Å²) in [6.07, 6.45) is 1.11. The highest BCUT2D eigenvalue weighted by atomic mass is 35.5. The molecule has 20 heavy (non-hydrogen) atoms. The molecule has 1 unspecified atom stereocenters. The lowest BCUT2D eigenvalue weighted by Crippen LogP contribution is -2.45. The van der Waals surface area contributed by atoms with Gasteiger partial charge in [-0.1, -0.05) is 19.9 Å². The van der Waals surface area contributed by atoms with E-state index in [1.165, 1.54) is 11.3 Å². The first-order valence-corrected chi connectivity index (χ1v) is 7.34. The third-order valence-electron chi connectivity index (χ3n) is 4.22. The fraction of sp³-hybridized carbons (Fsp3) is 0.667. The van der Waals surface area contributed by atoms with E-state index in [1.54, 1.807) is 0 Å². The van der Waals surface area contributed by atoms with Crippen molar-refractivity contribution in [2.75, 3.05) is 31.2 Å². The summed E-state index contributed by atoms with van der Waals surface area (Å²) in [6.45, 7) is 9.04. The van der Waals surface area contributed by atoms with E-state index in [4.69, 9.17) is 9.72 Å². The van der Waals surface area contributed by atoms with Crippen molar-refractivity contribution in [1.82, 2.24) is 10.3 Å². The zero-order valence-electron chi connectivity index (χ0n) is 12.3. The molecule has 1 saturated heterocycles. The molecular weight excluding hydrogens is 274 g/mol. The molecule has 0 saturated carbocycles. The van der Waals surface area contributed by atoms with E-state index in [1.807, 2.05) is 0 Å². The zero-order valence-corrected chi connectivity index (χ0v) is 13.1. The number of rotatable bonds is 2. The molecule has 2 aliphatic rings. The van der Waals surface area contributed by atoms with E-state index < -0.39 is 0 Å². The molecule has 2 atom stereocenters. The number of nitrogens with zero attached hydrogens (tertiary/aromatic N) is 2. The predicted molar refractivity (Wildman–Crippen MR) is 83.9 cm³/mol. The number of pyridine rings is 1. The molecule has 1 fully saturated rings. The molecule has 0 spiro atoms. The van der Waals surface area contributed by atoms with Crippen molar-refractivity contribution in [3.8, 4) is 0 Å². The smallest absolute Gasteiger partial charge is 0.129 e. The summed E-state index contributed by atoms with van der Waals surface area (Å²) < 4.78 is 5.58. The number of halogens is 1. The molecule has 2 aliphatic heterocycles. The fourth-order valence-electron chi connectivity index (χ4n) is 3.04. The van der Waals surface area contributed by atoms with Gasteiger partial charge in [0.25, 0.3) is 0 Å². The Morgan fingerprint density at radius 3 is 3.10 bits per heavy atom. The maximum Gasteiger partial charge on any atom is 0.129 e. The predicted octanol–water partition coefficient (Wildman–Crippen LogP) is 2.33. The van der Waals surface area contributed by atoms with Gasteiger partial charge in [0.2, 0.25) is 0 Å². The number of anilines is 1. The van der Waals surface area contributed by atoms with Crippen LogP contribution in [0.2, 0.25) is 0 Å². The highest BCUT2D eigenvalue weighted by molar-refractivity contribution is 5.85. The van der Waals surface area contributed by atoms with E-state index in [-0.39, 0.29) is 12.4 Å². The molecule has 1 N–H and O–H groups in total. The minimum absolute atomic E-state index is 0. The fourth-order valence-corrected chi connectivity index (χ4v) is 3.04. The number of morpholine rings is 1. The zero-order chi connectivity index (χ0) is 13.2. The van der Waals surface area contributed by atoms with Crippen LogP contribution in [-0.4, -0.2) is 37.3 Å². The molecule has 3 heterocycles. The van der Waals surface area contributed by atoms with E-state index >= 15 is 0 Å². The van der Waals surface area contributed by atoms with Crippen molar-refractivity contribution in [3.63, 3.8) is 0 Å². The quantitative estimate of drug-likeness (QED) is 0.909. The molecule has 0 amide bonds. The standard InChI is InChI=1S/C15H23N3O.ClH/c1-3-13-10-19-7-6-18(13)14-5-4-12-9-16-8-11(2)15(12)17-14;/h4-5,11,13,16H,3,6-10H2,1-2H3;1H/t11?,13-;/m1./s1. The highest BCUT2D eigenvalue weighted by Crippen LogP contribution is 2.26. The van der Waals surface area contributed by atoms with Crippen LogP contribution in [0.5, 0.6) is 0 Å². The van der Waals surface area contributed by atoms with E-state index in [2.05, 4.69) is 36.2 Å². The Morgan fingerprint density at radius 2 is 2.30 bits per heavy atom. The van der Waals surface area contributed by atoms with Crippen LogP contribution in [0.1, 0.15) is 37.4 Å². The Labute approximate surface area is 127 Å². The lowest BCUT2D eigenvalue weighted by molar-refractivity contribution is 0.0925. The van der Waals surface area contributed by atoms with Crippen LogP contribution in [0.25, 0.3) is 0 Å². The van der Waals surface area contributed by atoms with Gasteiger partial charge >= 0.3 is 0 Å². The van der Waals surface area contributed by atoms with Crippen molar-refractivity contribution in [1.29, 1.82) is 0 Å². The van der Waals surface area contributed by atoms with Gasteiger partial charge in [-0.2, -0.15) is 0 Å². The summed E-state index contributed by atoms with van der Waals surface area (Å²) in [4.78, 5) is 7.36.